The van der Waals surface area contributed by atoms with Gasteiger partial charge in [-0.15, -0.1) is 0 Å². The molecular formula is C10H21NO4S. The van der Waals surface area contributed by atoms with Gasteiger partial charge in [0.1, 0.15) is 0 Å². The quantitative estimate of drug-likeness (QED) is 0.685. The van der Waals surface area contributed by atoms with Crippen LogP contribution in [0, 0.1) is 0 Å². The van der Waals surface area contributed by atoms with E-state index in [1.807, 2.05) is 6.92 Å². The summed E-state index contributed by atoms with van der Waals surface area (Å²) in [4.78, 5) is 0. The maximum atomic E-state index is 12.0. The molecule has 0 bridgehead atoms. The number of ether oxygens (including phenoxy) is 1. The van der Waals surface area contributed by atoms with Crippen molar-refractivity contribution in [1.29, 1.82) is 0 Å². The zero-order valence-electron chi connectivity index (χ0n) is 9.76. The van der Waals surface area contributed by atoms with Crippen molar-refractivity contribution in [1.82, 2.24) is 4.31 Å². The maximum absolute atomic E-state index is 12.0. The van der Waals surface area contributed by atoms with Crippen molar-refractivity contribution in [2.45, 2.75) is 32.2 Å². The molecule has 0 radical (unpaired) electrons. The number of hydrogen-bond acceptors (Lipinski definition) is 4. The molecule has 0 aliphatic carbocycles. The zero-order chi connectivity index (χ0) is 12.0. The molecule has 0 saturated carbocycles. The Kier molecular flexibility index (Phi) is 5.68. The Labute approximate surface area is 97.4 Å². The minimum Gasteiger partial charge on any atom is -0.395 e. The van der Waals surface area contributed by atoms with Gasteiger partial charge in [0.15, 0.2) is 0 Å². The fourth-order valence-corrected chi connectivity index (χ4v) is 3.55. The molecule has 96 valence electrons. The van der Waals surface area contributed by atoms with Gasteiger partial charge >= 0.3 is 0 Å². The molecule has 6 heteroatoms. The van der Waals surface area contributed by atoms with Crippen molar-refractivity contribution in [3.63, 3.8) is 0 Å². The van der Waals surface area contributed by atoms with E-state index in [0.717, 1.165) is 19.3 Å². The molecule has 1 aliphatic rings. The Bertz CT molecular complexity index is 291. The van der Waals surface area contributed by atoms with Gasteiger partial charge in [-0.3, -0.25) is 0 Å². The smallest absolute Gasteiger partial charge is 0.216 e. The summed E-state index contributed by atoms with van der Waals surface area (Å²) in [5.74, 6) is 0.0112. The minimum absolute atomic E-state index is 0.0112. The molecule has 0 amide bonds. The van der Waals surface area contributed by atoms with Crippen molar-refractivity contribution < 1.29 is 18.3 Å². The molecule has 5 nitrogen and oxygen atoms in total. The summed E-state index contributed by atoms with van der Waals surface area (Å²) in [7, 11) is -3.27. The van der Waals surface area contributed by atoms with E-state index in [1.54, 1.807) is 0 Å². The van der Waals surface area contributed by atoms with E-state index in [-0.39, 0.29) is 25.0 Å². The molecule has 1 saturated heterocycles. The van der Waals surface area contributed by atoms with Crippen molar-refractivity contribution in [3.8, 4) is 0 Å². The summed E-state index contributed by atoms with van der Waals surface area (Å²) in [5.41, 5.74) is 0. The molecular weight excluding hydrogens is 230 g/mol. The Morgan fingerprint density at radius 3 is 2.81 bits per heavy atom. The summed E-state index contributed by atoms with van der Waals surface area (Å²) < 4.78 is 30.4. The standard InChI is InChI=1S/C10H21NO4S/c1-2-15-7-8-16(13,14)11-6-4-3-5-10(11)9-12/h10,12H,2-9H2,1H3. The average molecular weight is 251 g/mol. The van der Waals surface area contributed by atoms with Crippen LogP contribution in [-0.2, 0) is 14.8 Å². The lowest BCUT2D eigenvalue weighted by atomic mass is 10.1. The Morgan fingerprint density at radius 2 is 2.19 bits per heavy atom. The monoisotopic (exact) mass is 251 g/mol. The van der Waals surface area contributed by atoms with Crippen molar-refractivity contribution in [2.24, 2.45) is 0 Å². The number of hydrogen-bond donors (Lipinski definition) is 1. The number of aliphatic hydroxyl groups is 1. The van der Waals surface area contributed by atoms with Crippen LogP contribution in [0.15, 0.2) is 0 Å². The van der Waals surface area contributed by atoms with Gasteiger partial charge in [-0.25, -0.2) is 8.42 Å². The third-order valence-electron chi connectivity index (χ3n) is 2.83. The first-order chi connectivity index (χ1) is 7.61. The summed E-state index contributed by atoms with van der Waals surface area (Å²) in [6.45, 7) is 3.03. The Hall–Kier alpha value is -0.170. The van der Waals surface area contributed by atoms with Gasteiger partial charge in [0.05, 0.1) is 19.0 Å². The van der Waals surface area contributed by atoms with Crippen LogP contribution in [0.1, 0.15) is 26.2 Å². The molecule has 0 aromatic heterocycles. The van der Waals surface area contributed by atoms with E-state index in [2.05, 4.69) is 0 Å². The van der Waals surface area contributed by atoms with Gasteiger partial charge in [-0.2, -0.15) is 4.31 Å². The lowest BCUT2D eigenvalue weighted by molar-refractivity contribution is 0.147. The molecule has 1 heterocycles. The van der Waals surface area contributed by atoms with Gasteiger partial charge in [0.2, 0.25) is 10.0 Å². The number of piperidine rings is 1. The summed E-state index contributed by atoms with van der Waals surface area (Å²) >= 11 is 0. The fourth-order valence-electron chi connectivity index (χ4n) is 1.95. The van der Waals surface area contributed by atoms with Gasteiger partial charge in [0, 0.05) is 19.2 Å². The predicted molar refractivity (Wildman–Crippen MR) is 61.7 cm³/mol. The topological polar surface area (TPSA) is 66.8 Å². The van der Waals surface area contributed by atoms with Crippen LogP contribution in [0.3, 0.4) is 0 Å². The Morgan fingerprint density at radius 1 is 1.44 bits per heavy atom. The molecule has 1 fully saturated rings. The molecule has 0 aromatic rings. The second-order valence-electron chi connectivity index (χ2n) is 3.96. The van der Waals surface area contributed by atoms with E-state index in [9.17, 15) is 8.42 Å². The molecule has 1 aliphatic heterocycles. The number of aliphatic hydroxyl groups excluding tert-OH is 1. The summed E-state index contributed by atoms with van der Waals surface area (Å²) in [6, 6.07) is -0.236. The molecule has 0 spiro atoms. The molecule has 1 N–H and O–H groups in total. The summed E-state index contributed by atoms with van der Waals surface area (Å²) in [6.07, 6.45) is 2.62. The van der Waals surface area contributed by atoms with Crippen LogP contribution < -0.4 is 0 Å². The van der Waals surface area contributed by atoms with Crippen molar-refractivity contribution in [3.05, 3.63) is 0 Å². The first kappa shape index (κ1) is 13.9. The fraction of sp³-hybridized carbons (Fsp3) is 1.00. The molecule has 1 rings (SSSR count). The second-order valence-corrected chi connectivity index (χ2v) is 6.00. The van der Waals surface area contributed by atoms with E-state index in [0.29, 0.717) is 13.2 Å². The van der Waals surface area contributed by atoms with E-state index >= 15 is 0 Å². The second kappa shape index (κ2) is 6.54. The van der Waals surface area contributed by atoms with Crippen LogP contribution in [0.4, 0.5) is 0 Å². The summed E-state index contributed by atoms with van der Waals surface area (Å²) in [5, 5.41) is 9.16. The van der Waals surface area contributed by atoms with Crippen LogP contribution in [0.25, 0.3) is 0 Å². The third kappa shape index (κ3) is 3.69. The largest absolute Gasteiger partial charge is 0.395 e. The SMILES string of the molecule is CCOCCS(=O)(=O)N1CCCCC1CO. The van der Waals surface area contributed by atoms with E-state index in [4.69, 9.17) is 9.84 Å². The highest BCUT2D eigenvalue weighted by molar-refractivity contribution is 7.89. The third-order valence-corrected chi connectivity index (χ3v) is 4.71. The lowest BCUT2D eigenvalue weighted by Crippen LogP contribution is -2.47. The van der Waals surface area contributed by atoms with Gasteiger partial charge < -0.3 is 9.84 Å². The number of nitrogens with zero attached hydrogens (tertiary/aromatic N) is 1. The number of rotatable bonds is 6. The van der Waals surface area contributed by atoms with Crippen molar-refractivity contribution in [2.75, 3.05) is 32.1 Å². The first-order valence-corrected chi connectivity index (χ1v) is 7.41. The highest BCUT2D eigenvalue weighted by atomic mass is 32.2. The highest BCUT2D eigenvalue weighted by Gasteiger charge is 2.31. The molecule has 16 heavy (non-hydrogen) atoms. The van der Waals surface area contributed by atoms with Gasteiger partial charge in [0.25, 0.3) is 0 Å². The Balaban J connectivity index is 2.57. The predicted octanol–water partition coefficient (Wildman–Crippen LogP) is 0.199. The molecule has 1 atom stereocenters. The van der Waals surface area contributed by atoms with Gasteiger partial charge in [-0.05, 0) is 19.8 Å². The van der Waals surface area contributed by atoms with Crippen LogP contribution in [0.2, 0.25) is 0 Å². The van der Waals surface area contributed by atoms with E-state index < -0.39 is 10.0 Å². The zero-order valence-corrected chi connectivity index (χ0v) is 10.6. The van der Waals surface area contributed by atoms with Crippen LogP contribution in [0.5, 0.6) is 0 Å². The van der Waals surface area contributed by atoms with Crippen molar-refractivity contribution >= 4 is 10.0 Å². The molecule has 0 aromatic carbocycles. The average Bonchev–Trinajstić information content (AvgIpc) is 2.29. The maximum Gasteiger partial charge on any atom is 0.216 e. The first-order valence-electron chi connectivity index (χ1n) is 5.80. The lowest BCUT2D eigenvalue weighted by Gasteiger charge is -2.33. The number of sulfonamides is 1. The van der Waals surface area contributed by atoms with Crippen LogP contribution in [-0.4, -0.2) is 56.0 Å². The molecule has 1 unspecified atom stereocenters. The highest BCUT2D eigenvalue weighted by Crippen LogP contribution is 2.20. The van der Waals surface area contributed by atoms with Gasteiger partial charge in [-0.1, -0.05) is 6.42 Å². The van der Waals surface area contributed by atoms with E-state index in [1.165, 1.54) is 4.31 Å². The van der Waals surface area contributed by atoms with Crippen LogP contribution >= 0.6 is 0 Å². The minimum atomic E-state index is -3.27. The normalized spacial score (nSPS) is 23.5.